The molecule has 2 unspecified atom stereocenters. The molecule has 5 rings (SSSR count). The van der Waals surface area contributed by atoms with E-state index in [-0.39, 0.29) is 17.4 Å². The van der Waals surface area contributed by atoms with Gasteiger partial charge in [-0.15, -0.1) is 0 Å². The number of hydrogen-bond acceptors (Lipinski definition) is 5. The van der Waals surface area contributed by atoms with Gasteiger partial charge in [-0.25, -0.2) is 9.97 Å². The second-order valence-corrected chi connectivity index (χ2v) is 11.1. The number of aromatic nitrogens is 2. The molecule has 6 heteroatoms. The molecule has 3 aliphatic rings. The molecule has 2 aliphatic carbocycles. The molecule has 2 heterocycles. The molecule has 1 amide bonds. The van der Waals surface area contributed by atoms with Gasteiger partial charge in [0.15, 0.2) is 0 Å². The van der Waals surface area contributed by atoms with Crippen LogP contribution < -0.4 is 5.32 Å². The molecule has 1 saturated heterocycles. The summed E-state index contributed by atoms with van der Waals surface area (Å²) >= 11 is 0. The van der Waals surface area contributed by atoms with Gasteiger partial charge in [0.1, 0.15) is 5.82 Å². The normalized spacial score (nSPS) is 26.2. The number of nitrogens with one attached hydrogen (secondary N) is 1. The van der Waals surface area contributed by atoms with Crippen LogP contribution in [0, 0.1) is 17.8 Å². The van der Waals surface area contributed by atoms with Gasteiger partial charge in [-0.3, -0.25) is 9.69 Å². The maximum Gasteiger partial charge on any atom is 0.224 e. The van der Waals surface area contributed by atoms with E-state index in [0.717, 1.165) is 48.4 Å². The Balaban J connectivity index is 1.28. The molecule has 1 aliphatic heterocycles. The van der Waals surface area contributed by atoms with Crippen molar-refractivity contribution >= 4 is 16.8 Å². The van der Waals surface area contributed by atoms with Gasteiger partial charge in [-0.1, -0.05) is 18.2 Å². The van der Waals surface area contributed by atoms with Crippen LogP contribution in [0.15, 0.2) is 24.3 Å². The summed E-state index contributed by atoms with van der Waals surface area (Å²) in [4.78, 5) is 25.3. The number of benzene rings is 1. The highest BCUT2D eigenvalue weighted by Gasteiger charge is 2.59. The summed E-state index contributed by atoms with van der Waals surface area (Å²) in [5.41, 5.74) is 1.22. The van der Waals surface area contributed by atoms with Crippen LogP contribution in [-0.2, 0) is 15.1 Å². The van der Waals surface area contributed by atoms with Gasteiger partial charge < -0.3 is 10.1 Å². The van der Waals surface area contributed by atoms with Crippen LogP contribution in [0.25, 0.3) is 10.9 Å². The van der Waals surface area contributed by atoms with Crippen molar-refractivity contribution in [1.29, 1.82) is 0 Å². The van der Waals surface area contributed by atoms with Gasteiger partial charge in [-0.2, -0.15) is 0 Å². The third-order valence-electron chi connectivity index (χ3n) is 6.84. The molecular weight excluding hydrogens is 388 g/mol. The van der Waals surface area contributed by atoms with E-state index in [1.807, 2.05) is 18.2 Å². The van der Waals surface area contributed by atoms with Crippen molar-refractivity contribution in [3.05, 3.63) is 35.8 Å². The first kappa shape index (κ1) is 20.8. The molecule has 6 nitrogen and oxygen atoms in total. The molecule has 2 atom stereocenters. The summed E-state index contributed by atoms with van der Waals surface area (Å²) in [6, 6.07) is 8.14. The minimum absolute atomic E-state index is 0.112. The summed E-state index contributed by atoms with van der Waals surface area (Å²) in [5, 5.41) is 4.36. The van der Waals surface area contributed by atoms with Crippen LogP contribution in [-0.4, -0.2) is 46.2 Å². The van der Waals surface area contributed by atoms with Gasteiger partial charge in [0.2, 0.25) is 5.91 Å². The zero-order valence-electron chi connectivity index (χ0n) is 19.3. The lowest BCUT2D eigenvalue weighted by Crippen LogP contribution is -2.44. The van der Waals surface area contributed by atoms with Crippen molar-refractivity contribution in [2.75, 3.05) is 19.8 Å². The van der Waals surface area contributed by atoms with E-state index >= 15 is 0 Å². The smallest absolute Gasteiger partial charge is 0.224 e. The lowest BCUT2D eigenvalue weighted by Gasteiger charge is -2.29. The standard InChI is InChI=1S/C25H34N4O2/c1-24(2,3)31-14-29-12-17-18(13-29)20(17)23(30)28-25(4,5)21-16-8-6-7-9-19(16)26-22(27-21)15-10-11-15/h6-9,15,17-18,20H,10-14H2,1-5H3,(H,28,30). The van der Waals surface area contributed by atoms with E-state index in [1.165, 1.54) is 0 Å². The summed E-state index contributed by atoms with van der Waals surface area (Å²) in [6.45, 7) is 12.9. The molecule has 3 fully saturated rings. The van der Waals surface area contributed by atoms with E-state index in [0.29, 0.717) is 24.5 Å². The van der Waals surface area contributed by atoms with E-state index in [9.17, 15) is 4.79 Å². The number of piperidine rings is 1. The number of para-hydroxylation sites is 1. The quantitative estimate of drug-likeness (QED) is 0.767. The minimum Gasteiger partial charge on any atom is -0.360 e. The minimum atomic E-state index is -0.546. The summed E-state index contributed by atoms with van der Waals surface area (Å²) in [5.74, 6) is 2.56. The highest BCUT2D eigenvalue weighted by molar-refractivity contribution is 5.86. The second-order valence-electron chi connectivity index (χ2n) is 11.1. The largest absolute Gasteiger partial charge is 0.360 e. The van der Waals surface area contributed by atoms with Crippen molar-refractivity contribution in [2.24, 2.45) is 17.8 Å². The van der Waals surface area contributed by atoms with E-state index in [4.69, 9.17) is 14.7 Å². The van der Waals surface area contributed by atoms with Gasteiger partial charge in [0, 0.05) is 30.3 Å². The molecular formula is C25H34N4O2. The first-order valence-electron chi connectivity index (χ1n) is 11.6. The predicted octanol–water partition coefficient (Wildman–Crippen LogP) is 3.81. The predicted molar refractivity (Wildman–Crippen MR) is 120 cm³/mol. The maximum atomic E-state index is 13.2. The number of ether oxygens (including phenoxy) is 1. The topological polar surface area (TPSA) is 67.3 Å². The van der Waals surface area contributed by atoms with Crippen LogP contribution >= 0.6 is 0 Å². The molecule has 1 aromatic carbocycles. The van der Waals surface area contributed by atoms with Gasteiger partial charge in [0.25, 0.3) is 0 Å². The Hall–Kier alpha value is -2.05. The Morgan fingerprint density at radius 1 is 1.10 bits per heavy atom. The number of rotatable bonds is 6. The Morgan fingerprint density at radius 2 is 1.77 bits per heavy atom. The number of carbonyl (C=O) groups is 1. The first-order valence-corrected chi connectivity index (χ1v) is 11.6. The Bertz CT molecular complexity index is 996. The summed E-state index contributed by atoms with van der Waals surface area (Å²) < 4.78 is 5.90. The fourth-order valence-electron chi connectivity index (χ4n) is 4.94. The lowest BCUT2D eigenvalue weighted by atomic mass is 9.95. The average Bonchev–Trinajstić information content (AvgIpc) is 3.62. The third-order valence-corrected chi connectivity index (χ3v) is 6.84. The fraction of sp³-hybridized carbons (Fsp3) is 0.640. The highest BCUT2D eigenvalue weighted by atomic mass is 16.5. The van der Waals surface area contributed by atoms with E-state index in [1.54, 1.807) is 0 Å². The highest BCUT2D eigenvalue weighted by Crippen LogP contribution is 2.52. The van der Waals surface area contributed by atoms with Gasteiger partial charge in [-0.05, 0) is 65.4 Å². The van der Waals surface area contributed by atoms with E-state index in [2.05, 4.69) is 50.9 Å². The Morgan fingerprint density at radius 3 is 2.42 bits per heavy atom. The number of carbonyl (C=O) groups excluding carboxylic acids is 1. The molecule has 1 N–H and O–H groups in total. The van der Waals surface area contributed by atoms with Gasteiger partial charge in [0.05, 0.1) is 29.1 Å². The molecule has 2 aromatic rings. The Kier molecular flexibility index (Phi) is 4.87. The second kappa shape index (κ2) is 7.24. The summed E-state index contributed by atoms with van der Waals surface area (Å²) in [6.07, 6.45) is 2.32. The Labute approximate surface area is 184 Å². The zero-order chi connectivity index (χ0) is 22.0. The van der Waals surface area contributed by atoms with Crippen molar-refractivity contribution < 1.29 is 9.53 Å². The maximum absolute atomic E-state index is 13.2. The lowest BCUT2D eigenvalue weighted by molar-refractivity contribution is -0.125. The number of nitrogens with zero attached hydrogens (tertiary/aromatic N) is 3. The average molecular weight is 423 g/mol. The number of hydrogen-bond donors (Lipinski definition) is 1. The van der Waals surface area contributed by atoms with Crippen LogP contribution in [0.3, 0.4) is 0 Å². The molecule has 0 spiro atoms. The van der Waals surface area contributed by atoms with Crippen molar-refractivity contribution in [3.63, 3.8) is 0 Å². The molecule has 0 bridgehead atoms. The third kappa shape index (κ3) is 4.20. The molecule has 0 radical (unpaired) electrons. The SMILES string of the molecule is CC(C)(C)OCN1CC2C(C1)C2C(=O)NC(C)(C)c1nc(C2CC2)nc2ccccc12. The van der Waals surface area contributed by atoms with Crippen LogP contribution in [0.4, 0.5) is 0 Å². The van der Waals surface area contributed by atoms with Crippen LogP contribution in [0.5, 0.6) is 0 Å². The van der Waals surface area contributed by atoms with Crippen LogP contribution in [0.2, 0.25) is 0 Å². The molecule has 166 valence electrons. The van der Waals surface area contributed by atoms with Crippen molar-refractivity contribution in [3.8, 4) is 0 Å². The fourth-order valence-corrected chi connectivity index (χ4v) is 4.94. The first-order chi connectivity index (χ1) is 14.6. The molecule has 31 heavy (non-hydrogen) atoms. The molecule has 1 aromatic heterocycles. The zero-order valence-corrected chi connectivity index (χ0v) is 19.3. The number of fused-ring (bicyclic) bond motifs is 2. The number of likely N-dealkylation sites (tertiary alicyclic amines) is 1. The van der Waals surface area contributed by atoms with Gasteiger partial charge >= 0.3 is 0 Å². The monoisotopic (exact) mass is 422 g/mol. The van der Waals surface area contributed by atoms with E-state index < -0.39 is 5.54 Å². The van der Waals surface area contributed by atoms with Crippen molar-refractivity contribution in [2.45, 2.75) is 64.5 Å². The summed E-state index contributed by atoms with van der Waals surface area (Å²) in [7, 11) is 0. The van der Waals surface area contributed by atoms with Crippen molar-refractivity contribution in [1.82, 2.24) is 20.2 Å². The van der Waals surface area contributed by atoms with Crippen LogP contribution in [0.1, 0.15) is 64.9 Å². The number of amides is 1. The molecule has 2 saturated carbocycles.